The largest absolute Gasteiger partial charge is 0.455 e. The summed E-state index contributed by atoms with van der Waals surface area (Å²) in [5.74, 6) is 0.304. The number of aromatic nitrogens is 2. The van der Waals surface area contributed by atoms with E-state index in [1.807, 2.05) is 29.2 Å². The number of likely N-dealkylation sites (tertiary alicyclic amines) is 1. The fraction of sp³-hybridized carbons (Fsp3) is 0.522. The quantitative estimate of drug-likeness (QED) is 0.652. The molecule has 1 amide bonds. The van der Waals surface area contributed by atoms with Crippen LogP contribution in [-0.4, -0.2) is 51.5 Å². The van der Waals surface area contributed by atoms with Crippen molar-refractivity contribution in [2.75, 3.05) is 13.1 Å². The molecule has 0 unspecified atom stereocenters. The molecule has 1 aliphatic carbocycles. The Morgan fingerprint density at radius 1 is 1.13 bits per heavy atom. The van der Waals surface area contributed by atoms with E-state index in [9.17, 15) is 9.59 Å². The maximum Gasteiger partial charge on any atom is 0.359 e. The van der Waals surface area contributed by atoms with E-state index in [0.29, 0.717) is 31.5 Å². The minimum atomic E-state index is -0.609. The summed E-state index contributed by atoms with van der Waals surface area (Å²) in [7, 11) is 0. The van der Waals surface area contributed by atoms with Gasteiger partial charge >= 0.3 is 12.0 Å². The average Bonchev–Trinajstić information content (AvgIpc) is 3.40. The van der Waals surface area contributed by atoms with Gasteiger partial charge in [0.05, 0.1) is 12.7 Å². The van der Waals surface area contributed by atoms with Crippen molar-refractivity contribution >= 4 is 23.6 Å². The van der Waals surface area contributed by atoms with Crippen LogP contribution in [0.25, 0.3) is 0 Å². The fourth-order valence-electron chi connectivity index (χ4n) is 4.37. The Kier molecular flexibility index (Phi) is 6.08. The molecule has 0 bridgehead atoms. The molecule has 7 nitrogen and oxygen atoms in total. The molecule has 166 valence electrons. The van der Waals surface area contributed by atoms with Crippen molar-refractivity contribution in [1.82, 2.24) is 14.7 Å². The van der Waals surface area contributed by atoms with Gasteiger partial charge in [-0.15, -0.1) is 0 Å². The molecule has 8 heteroatoms. The number of carbonyl (C=O) groups excluding carboxylic acids is 2. The van der Waals surface area contributed by atoms with Gasteiger partial charge in [0, 0.05) is 24.3 Å². The van der Waals surface area contributed by atoms with Crippen LogP contribution in [0.2, 0.25) is 5.02 Å². The highest BCUT2D eigenvalue weighted by Gasteiger charge is 2.43. The van der Waals surface area contributed by atoms with Crippen LogP contribution in [-0.2, 0) is 16.1 Å². The van der Waals surface area contributed by atoms with Crippen molar-refractivity contribution in [3.8, 4) is 0 Å². The highest BCUT2D eigenvalue weighted by Crippen LogP contribution is 2.40. The number of halogens is 1. The molecule has 0 radical (unpaired) electrons. The third-order valence-electron chi connectivity index (χ3n) is 5.80. The smallest absolute Gasteiger partial charge is 0.359 e. The summed E-state index contributed by atoms with van der Waals surface area (Å²) in [6.45, 7) is 7.24. The van der Waals surface area contributed by atoms with Crippen LogP contribution in [0.4, 0.5) is 4.79 Å². The third-order valence-corrected chi connectivity index (χ3v) is 6.17. The van der Waals surface area contributed by atoms with Crippen molar-refractivity contribution in [2.24, 2.45) is 11.8 Å². The second kappa shape index (κ2) is 8.63. The molecule has 2 fully saturated rings. The summed E-state index contributed by atoms with van der Waals surface area (Å²) in [6, 6.07) is 9.03. The van der Waals surface area contributed by atoms with Crippen molar-refractivity contribution in [1.29, 1.82) is 0 Å². The number of carbonyl (C=O) groups is 2. The van der Waals surface area contributed by atoms with Gasteiger partial charge in [-0.1, -0.05) is 29.8 Å². The number of hydrogen-bond donors (Lipinski definition) is 0. The van der Waals surface area contributed by atoms with Crippen LogP contribution < -0.4 is 0 Å². The zero-order valence-corrected chi connectivity index (χ0v) is 18.8. The van der Waals surface area contributed by atoms with Gasteiger partial charge in [0.25, 0.3) is 0 Å². The number of rotatable bonds is 4. The fourth-order valence-corrected chi connectivity index (χ4v) is 4.56. The average molecular weight is 446 g/mol. The molecule has 4 rings (SSSR count). The van der Waals surface area contributed by atoms with Gasteiger partial charge in [-0.05, 0) is 63.1 Å². The molecule has 2 heterocycles. The molecular formula is C23H28ClN3O4. The van der Waals surface area contributed by atoms with Gasteiger partial charge in [-0.25, -0.2) is 9.59 Å². The standard InChI is InChI=1S/C23H28ClN3O4/c1-23(2,3)31-21(28)20-8-9-27(25-20)22(29)26-12-16-10-18(11-17(16)13-26)30-14-15-6-4-5-7-19(15)24/h4-9,16-18H,10-14H2,1-3H3/t16-,17+,18+. The summed E-state index contributed by atoms with van der Waals surface area (Å²) in [5.41, 5.74) is 0.523. The van der Waals surface area contributed by atoms with Crippen LogP contribution >= 0.6 is 11.6 Å². The highest BCUT2D eigenvalue weighted by atomic mass is 35.5. The lowest BCUT2D eigenvalue weighted by atomic mass is 10.0. The second-order valence-electron chi connectivity index (χ2n) is 9.35. The first kappa shape index (κ1) is 21.8. The topological polar surface area (TPSA) is 73.7 Å². The van der Waals surface area contributed by atoms with Gasteiger partial charge in [0.1, 0.15) is 5.60 Å². The van der Waals surface area contributed by atoms with Gasteiger partial charge in [0.15, 0.2) is 5.69 Å². The van der Waals surface area contributed by atoms with Crippen LogP contribution in [0, 0.1) is 11.8 Å². The van der Waals surface area contributed by atoms with E-state index in [1.54, 1.807) is 20.8 Å². The van der Waals surface area contributed by atoms with Gasteiger partial charge in [0.2, 0.25) is 0 Å². The molecule has 2 aromatic rings. The Morgan fingerprint density at radius 2 is 1.81 bits per heavy atom. The number of hydrogen-bond acceptors (Lipinski definition) is 5. The molecule has 0 N–H and O–H groups in total. The lowest BCUT2D eigenvalue weighted by Crippen LogP contribution is -2.34. The number of amides is 1. The van der Waals surface area contributed by atoms with Crippen LogP contribution in [0.5, 0.6) is 0 Å². The van der Waals surface area contributed by atoms with Gasteiger partial charge in [-0.2, -0.15) is 9.78 Å². The predicted molar refractivity (Wildman–Crippen MR) is 116 cm³/mol. The van der Waals surface area contributed by atoms with E-state index >= 15 is 0 Å². The number of nitrogens with zero attached hydrogens (tertiary/aromatic N) is 3. The van der Waals surface area contributed by atoms with Crippen molar-refractivity contribution < 1.29 is 19.1 Å². The van der Waals surface area contributed by atoms with Gasteiger partial charge < -0.3 is 14.4 Å². The Balaban J connectivity index is 1.29. The molecule has 2 aliphatic rings. The van der Waals surface area contributed by atoms with E-state index in [2.05, 4.69) is 5.10 Å². The Labute approximate surface area is 187 Å². The van der Waals surface area contributed by atoms with Crippen molar-refractivity contribution in [3.05, 3.63) is 52.8 Å². The molecule has 31 heavy (non-hydrogen) atoms. The lowest BCUT2D eigenvalue weighted by Gasteiger charge is -2.20. The highest BCUT2D eigenvalue weighted by molar-refractivity contribution is 6.31. The summed E-state index contributed by atoms with van der Waals surface area (Å²) in [4.78, 5) is 26.8. The zero-order chi connectivity index (χ0) is 22.2. The summed E-state index contributed by atoms with van der Waals surface area (Å²) >= 11 is 6.21. The lowest BCUT2D eigenvalue weighted by molar-refractivity contribution is 0.00622. The maximum atomic E-state index is 12.9. The summed E-state index contributed by atoms with van der Waals surface area (Å²) in [6.07, 6.45) is 3.57. The van der Waals surface area contributed by atoms with Crippen LogP contribution in [0.1, 0.15) is 49.7 Å². The van der Waals surface area contributed by atoms with Crippen molar-refractivity contribution in [2.45, 2.75) is 51.9 Å². The van der Waals surface area contributed by atoms with Crippen molar-refractivity contribution in [3.63, 3.8) is 0 Å². The minimum Gasteiger partial charge on any atom is -0.455 e. The first-order chi connectivity index (χ1) is 14.7. The van der Waals surface area contributed by atoms with Crippen LogP contribution in [0.3, 0.4) is 0 Å². The zero-order valence-electron chi connectivity index (χ0n) is 18.1. The van der Waals surface area contributed by atoms with E-state index in [4.69, 9.17) is 21.1 Å². The Morgan fingerprint density at radius 3 is 2.45 bits per heavy atom. The molecule has 3 atom stereocenters. The van der Waals surface area contributed by atoms with E-state index in [0.717, 1.165) is 23.4 Å². The van der Waals surface area contributed by atoms with E-state index in [-0.39, 0.29) is 17.8 Å². The first-order valence-corrected chi connectivity index (χ1v) is 11.0. The monoisotopic (exact) mass is 445 g/mol. The van der Waals surface area contributed by atoms with E-state index in [1.165, 1.54) is 16.9 Å². The molecule has 1 aliphatic heterocycles. The molecule has 1 aromatic carbocycles. The van der Waals surface area contributed by atoms with Crippen LogP contribution in [0.15, 0.2) is 36.5 Å². The number of ether oxygens (including phenoxy) is 2. The summed E-state index contributed by atoms with van der Waals surface area (Å²) in [5, 5.41) is 4.86. The number of fused-ring (bicyclic) bond motifs is 1. The summed E-state index contributed by atoms with van der Waals surface area (Å²) < 4.78 is 12.6. The predicted octanol–water partition coefficient (Wildman–Crippen LogP) is 4.39. The molecule has 0 spiro atoms. The first-order valence-electron chi connectivity index (χ1n) is 10.6. The minimum absolute atomic E-state index is 0.135. The molecular weight excluding hydrogens is 418 g/mol. The number of esters is 1. The SMILES string of the molecule is CC(C)(C)OC(=O)c1ccn(C(=O)N2C[C@H]3C[C@H](OCc4ccccc4Cl)C[C@H]3C2)n1. The Bertz CT molecular complexity index is 954. The van der Waals surface area contributed by atoms with Gasteiger partial charge in [-0.3, -0.25) is 0 Å². The number of benzene rings is 1. The third kappa shape index (κ3) is 5.10. The maximum absolute atomic E-state index is 12.9. The molecule has 1 saturated heterocycles. The molecule has 1 aromatic heterocycles. The Hall–Kier alpha value is -2.38. The normalized spacial score (nSPS) is 23.1. The van der Waals surface area contributed by atoms with E-state index < -0.39 is 11.6 Å². The second-order valence-corrected chi connectivity index (χ2v) is 9.76. The molecule has 1 saturated carbocycles.